The van der Waals surface area contributed by atoms with Crippen molar-refractivity contribution in [2.24, 2.45) is 12.0 Å². The van der Waals surface area contributed by atoms with Crippen LogP contribution in [0.15, 0.2) is 28.8 Å². The number of nitrogens with zero attached hydrogens (tertiary/aromatic N) is 5. The molecule has 24 heavy (non-hydrogen) atoms. The van der Waals surface area contributed by atoms with Gasteiger partial charge in [0.25, 0.3) is 0 Å². The van der Waals surface area contributed by atoms with E-state index >= 15 is 0 Å². The zero-order valence-corrected chi connectivity index (χ0v) is 15.1. The smallest absolute Gasteiger partial charge is 0.191 e. The summed E-state index contributed by atoms with van der Waals surface area (Å²) in [5.74, 6) is 1.67. The first-order chi connectivity index (χ1) is 11.8. The molecule has 1 saturated heterocycles. The van der Waals surface area contributed by atoms with Crippen LogP contribution >= 0.6 is 11.3 Å². The van der Waals surface area contributed by atoms with E-state index < -0.39 is 0 Å². The normalized spacial score (nSPS) is 17.2. The van der Waals surface area contributed by atoms with Crippen molar-refractivity contribution < 1.29 is 0 Å². The second-order valence-electron chi connectivity index (χ2n) is 5.94. The fourth-order valence-corrected chi connectivity index (χ4v) is 3.85. The SMILES string of the molecule is CN=C(NCc1nncn1C)NCC(c1cccs1)N1CCCC1. The summed E-state index contributed by atoms with van der Waals surface area (Å²) in [7, 11) is 3.73. The van der Waals surface area contributed by atoms with E-state index in [1.165, 1.54) is 30.8 Å². The second-order valence-corrected chi connectivity index (χ2v) is 6.92. The van der Waals surface area contributed by atoms with Crippen LogP contribution in [0.5, 0.6) is 0 Å². The molecule has 0 saturated carbocycles. The van der Waals surface area contributed by atoms with Gasteiger partial charge in [0, 0.05) is 25.5 Å². The predicted octanol–water partition coefficient (Wildman–Crippen LogP) is 1.38. The lowest BCUT2D eigenvalue weighted by Gasteiger charge is -2.27. The molecular formula is C16H25N7S. The first kappa shape index (κ1) is 16.9. The number of aromatic nitrogens is 3. The Labute approximate surface area is 146 Å². The molecule has 1 atom stereocenters. The molecule has 3 rings (SSSR count). The van der Waals surface area contributed by atoms with Gasteiger partial charge in [-0.15, -0.1) is 21.5 Å². The topological polar surface area (TPSA) is 70.4 Å². The van der Waals surface area contributed by atoms with Gasteiger partial charge in [-0.3, -0.25) is 9.89 Å². The van der Waals surface area contributed by atoms with Crippen molar-refractivity contribution in [3.63, 3.8) is 0 Å². The van der Waals surface area contributed by atoms with Crippen LogP contribution in [0.3, 0.4) is 0 Å². The molecule has 1 unspecified atom stereocenters. The summed E-state index contributed by atoms with van der Waals surface area (Å²) in [6.45, 7) is 3.80. The van der Waals surface area contributed by atoms with Gasteiger partial charge in [-0.25, -0.2) is 0 Å². The summed E-state index contributed by atoms with van der Waals surface area (Å²) in [6, 6.07) is 4.76. The third-order valence-corrected chi connectivity index (χ3v) is 5.33. The minimum Gasteiger partial charge on any atom is -0.354 e. The van der Waals surface area contributed by atoms with Gasteiger partial charge in [-0.1, -0.05) is 6.07 Å². The number of aryl methyl sites for hydroxylation is 1. The highest BCUT2D eigenvalue weighted by molar-refractivity contribution is 7.10. The summed E-state index contributed by atoms with van der Waals surface area (Å²) in [6.07, 6.45) is 4.29. The lowest BCUT2D eigenvalue weighted by Crippen LogP contribution is -2.42. The van der Waals surface area contributed by atoms with Crippen LogP contribution < -0.4 is 10.6 Å². The number of likely N-dealkylation sites (tertiary alicyclic amines) is 1. The first-order valence-corrected chi connectivity index (χ1v) is 9.20. The van der Waals surface area contributed by atoms with E-state index in [-0.39, 0.29) is 0 Å². The maximum absolute atomic E-state index is 4.32. The van der Waals surface area contributed by atoms with Crippen molar-refractivity contribution in [3.8, 4) is 0 Å². The van der Waals surface area contributed by atoms with Crippen molar-refractivity contribution in [3.05, 3.63) is 34.5 Å². The minimum atomic E-state index is 0.404. The molecule has 1 aliphatic rings. The summed E-state index contributed by atoms with van der Waals surface area (Å²) in [5, 5.41) is 16.9. The number of hydrogen-bond donors (Lipinski definition) is 2. The van der Waals surface area contributed by atoms with Crippen molar-refractivity contribution >= 4 is 17.3 Å². The van der Waals surface area contributed by atoms with Gasteiger partial charge in [-0.2, -0.15) is 0 Å². The largest absolute Gasteiger partial charge is 0.354 e. The zero-order chi connectivity index (χ0) is 16.8. The maximum Gasteiger partial charge on any atom is 0.191 e. The third kappa shape index (κ3) is 4.12. The Morgan fingerprint density at radius 3 is 2.83 bits per heavy atom. The van der Waals surface area contributed by atoms with Gasteiger partial charge in [-0.05, 0) is 37.4 Å². The molecule has 0 bridgehead atoms. The van der Waals surface area contributed by atoms with Crippen LogP contribution in [0.25, 0.3) is 0 Å². The summed E-state index contributed by atoms with van der Waals surface area (Å²) < 4.78 is 1.90. The molecule has 2 N–H and O–H groups in total. The highest BCUT2D eigenvalue weighted by Gasteiger charge is 2.24. The first-order valence-electron chi connectivity index (χ1n) is 8.33. The summed E-state index contributed by atoms with van der Waals surface area (Å²) >= 11 is 1.83. The van der Waals surface area contributed by atoms with E-state index in [0.29, 0.717) is 12.6 Å². The Morgan fingerprint density at radius 1 is 1.38 bits per heavy atom. The zero-order valence-electron chi connectivity index (χ0n) is 14.3. The van der Waals surface area contributed by atoms with Crippen molar-refractivity contribution in [1.29, 1.82) is 0 Å². The number of nitrogens with one attached hydrogen (secondary N) is 2. The average Bonchev–Trinajstić information content (AvgIpc) is 3.34. The van der Waals surface area contributed by atoms with Crippen LogP contribution in [-0.2, 0) is 13.6 Å². The van der Waals surface area contributed by atoms with Gasteiger partial charge >= 0.3 is 0 Å². The summed E-state index contributed by atoms with van der Waals surface area (Å²) in [5.41, 5.74) is 0. The van der Waals surface area contributed by atoms with Crippen LogP contribution in [0.4, 0.5) is 0 Å². The van der Waals surface area contributed by atoms with Gasteiger partial charge in [0.2, 0.25) is 0 Å². The number of aliphatic imine (C=N–C) groups is 1. The van der Waals surface area contributed by atoms with Crippen molar-refractivity contribution in [1.82, 2.24) is 30.3 Å². The molecule has 0 aliphatic carbocycles. The van der Waals surface area contributed by atoms with Crippen molar-refractivity contribution in [2.45, 2.75) is 25.4 Å². The molecule has 0 spiro atoms. The summed E-state index contributed by atoms with van der Waals surface area (Å²) in [4.78, 5) is 8.29. The van der Waals surface area contributed by atoms with Gasteiger partial charge in [0.05, 0.1) is 12.6 Å². The van der Waals surface area contributed by atoms with E-state index in [0.717, 1.165) is 18.3 Å². The molecule has 0 amide bonds. The maximum atomic E-state index is 4.32. The van der Waals surface area contributed by atoms with Crippen molar-refractivity contribution in [2.75, 3.05) is 26.7 Å². The van der Waals surface area contributed by atoms with E-state index in [1.54, 1.807) is 13.4 Å². The Hall–Kier alpha value is -1.93. The molecule has 2 aromatic heterocycles. The van der Waals surface area contributed by atoms with E-state index in [9.17, 15) is 0 Å². The van der Waals surface area contributed by atoms with E-state index in [1.807, 2.05) is 23.0 Å². The van der Waals surface area contributed by atoms with Gasteiger partial charge in [0.1, 0.15) is 6.33 Å². The second kappa shape index (κ2) is 8.25. The molecule has 130 valence electrons. The predicted molar refractivity (Wildman–Crippen MR) is 97.1 cm³/mol. The molecule has 8 heteroatoms. The molecular weight excluding hydrogens is 322 g/mol. The molecule has 0 radical (unpaired) electrons. The Kier molecular flexibility index (Phi) is 5.81. The lowest BCUT2D eigenvalue weighted by atomic mass is 10.2. The third-order valence-electron chi connectivity index (χ3n) is 4.36. The quantitative estimate of drug-likeness (QED) is 0.610. The van der Waals surface area contributed by atoms with Crippen LogP contribution in [0.1, 0.15) is 29.6 Å². The van der Waals surface area contributed by atoms with Gasteiger partial charge in [0.15, 0.2) is 11.8 Å². The van der Waals surface area contributed by atoms with E-state index in [4.69, 9.17) is 0 Å². The monoisotopic (exact) mass is 347 g/mol. The van der Waals surface area contributed by atoms with Crippen LogP contribution in [0, 0.1) is 0 Å². The molecule has 7 nitrogen and oxygen atoms in total. The Bertz CT molecular complexity index is 643. The standard InChI is InChI=1S/C16H25N7S/c1-17-16(19-11-15-21-20-12-22(15)2)18-10-13(14-6-5-9-24-14)23-7-3-4-8-23/h5-6,9,12-13H,3-4,7-8,10-11H2,1-2H3,(H2,17,18,19). The van der Waals surface area contributed by atoms with Gasteiger partial charge < -0.3 is 15.2 Å². The molecule has 1 fully saturated rings. The number of hydrogen-bond acceptors (Lipinski definition) is 5. The Morgan fingerprint density at radius 2 is 2.21 bits per heavy atom. The number of rotatable bonds is 6. The van der Waals surface area contributed by atoms with Crippen LogP contribution in [0.2, 0.25) is 0 Å². The molecule has 1 aliphatic heterocycles. The number of thiophene rings is 1. The lowest BCUT2D eigenvalue weighted by molar-refractivity contribution is 0.249. The molecule has 2 aromatic rings. The molecule has 0 aromatic carbocycles. The fraction of sp³-hybridized carbons (Fsp3) is 0.562. The van der Waals surface area contributed by atoms with Crippen LogP contribution in [-0.4, -0.2) is 52.3 Å². The fourth-order valence-electron chi connectivity index (χ4n) is 2.99. The average molecular weight is 347 g/mol. The highest BCUT2D eigenvalue weighted by Crippen LogP contribution is 2.27. The number of guanidine groups is 1. The molecule has 3 heterocycles. The van der Waals surface area contributed by atoms with E-state index in [2.05, 4.69) is 48.2 Å². The minimum absolute atomic E-state index is 0.404. The Balaban J connectivity index is 1.57. The highest BCUT2D eigenvalue weighted by atomic mass is 32.1.